The van der Waals surface area contributed by atoms with E-state index in [1.807, 2.05) is 11.0 Å². The van der Waals surface area contributed by atoms with Crippen LogP contribution in [0.2, 0.25) is 0 Å². The largest absolute Gasteiger partial charge is 0.331 e. The number of amides is 1. The first-order valence-electron chi connectivity index (χ1n) is 11.3. The molecule has 0 aromatic heterocycles. The summed E-state index contributed by atoms with van der Waals surface area (Å²) in [4.78, 5) is 15.3. The Labute approximate surface area is 186 Å². The number of hydrogen-bond donors (Lipinski definition) is 0. The number of fused-ring (bicyclic) bond motifs is 1. The summed E-state index contributed by atoms with van der Waals surface area (Å²) >= 11 is 0. The molecule has 1 saturated heterocycles. The first kappa shape index (κ1) is 22.0. The second kappa shape index (κ2) is 9.53. The van der Waals surface area contributed by atoms with Crippen LogP contribution in [0.3, 0.4) is 0 Å². The molecule has 0 N–H and O–H groups in total. The fraction of sp³-hybridized carbons (Fsp3) is 0.480. The van der Waals surface area contributed by atoms with Gasteiger partial charge in [-0.15, -0.1) is 0 Å². The Balaban J connectivity index is 1.47. The molecule has 1 heterocycles. The first-order valence-corrected chi connectivity index (χ1v) is 13.0. The summed E-state index contributed by atoms with van der Waals surface area (Å²) in [5.74, 6) is 0.0946. The molecule has 0 bridgehead atoms. The van der Waals surface area contributed by atoms with Gasteiger partial charge in [-0.2, -0.15) is 0 Å². The molecule has 1 atom stereocenters. The average molecular weight is 441 g/mol. The molecule has 166 valence electrons. The summed E-state index contributed by atoms with van der Waals surface area (Å²) in [6.45, 7) is 3.85. The molecule has 0 spiro atoms. The molecule has 4 rings (SSSR count). The van der Waals surface area contributed by atoms with Crippen molar-refractivity contribution in [2.45, 2.75) is 58.0 Å². The van der Waals surface area contributed by atoms with Gasteiger partial charge in [0.2, 0.25) is 15.9 Å². The molecular formula is C25H32N2O3S. The Morgan fingerprint density at radius 2 is 1.77 bits per heavy atom. The third-order valence-corrected chi connectivity index (χ3v) is 8.48. The summed E-state index contributed by atoms with van der Waals surface area (Å²) in [6, 6.07) is 16.7. The van der Waals surface area contributed by atoms with Crippen LogP contribution in [0.4, 0.5) is 0 Å². The lowest BCUT2D eigenvalue weighted by molar-refractivity contribution is -0.134. The van der Waals surface area contributed by atoms with E-state index in [1.165, 1.54) is 16.7 Å². The predicted molar refractivity (Wildman–Crippen MR) is 123 cm³/mol. The van der Waals surface area contributed by atoms with Crippen LogP contribution in [-0.4, -0.2) is 42.4 Å². The van der Waals surface area contributed by atoms with Crippen LogP contribution in [0.25, 0.3) is 0 Å². The Kier molecular flexibility index (Phi) is 6.77. The van der Waals surface area contributed by atoms with Gasteiger partial charge < -0.3 is 4.90 Å². The normalized spacial score (nSPS) is 18.8. The molecule has 1 aliphatic heterocycles. The van der Waals surface area contributed by atoms with Crippen molar-refractivity contribution in [1.29, 1.82) is 0 Å². The number of sulfonamides is 1. The molecule has 1 fully saturated rings. The van der Waals surface area contributed by atoms with Crippen LogP contribution >= 0.6 is 0 Å². The number of hydrogen-bond acceptors (Lipinski definition) is 3. The van der Waals surface area contributed by atoms with Crippen molar-refractivity contribution in [3.63, 3.8) is 0 Å². The highest BCUT2D eigenvalue weighted by Gasteiger charge is 2.31. The van der Waals surface area contributed by atoms with Gasteiger partial charge in [-0.25, -0.2) is 12.7 Å². The van der Waals surface area contributed by atoms with Gasteiger partial charge in [0.1, 0.15) is 0 Å². The van der Waals surface area contributed by atoms with Gasteiger partial charge in [0.15, 0.2) is 0 Å². The summed E-state index contributed by atoms with van der Waals surface area (Å²) in [6.07, 6.45) is 4.39. The second-order valence-electron chi connectivity index (χ2n) is 8.79. The maximum Gasteiger partial charge on any atom is 0.223 e. The fourth-order valence-electron chi connectivity index (χ4n) is 4.77. The van der Waals surface area contributed by atoms with E-state index < -0.39 is 10.0 Å². The van der Waals surface area contributed by atoms with Gasteiger partial charge >= 0.3 is 0 Å². The number of aryl methyl sites for hydroxylation is 2. The van der Waals surface area contributed by atoms with Crippen molar-refractivity contribution >= 4 is 15.9 Å². The third-order valence-electron chi connectivity index (χ3n) is 6.52. The van der Waals surface area contributed by atoms with Crippen LogP contribution in [-0.2, 0) is 27.8 Å². The lowest BCUT2D eigenvalue weighted by Crippen LogP contribution is -2.34. The van der Waals surface area contributed by atoms with Crippen molar-refractivity contribution < 1.29 is 13.2 Å². The average Bonchev–Trinajstić information content (AvgIpc) is 3.44. The van der Waals surface area contributed by atoms with E-state index in [1.54, 1.807) is 4.31 Å². The summed E-state index contributed by atoms with van der Waals surface area (Å²) in [5, 5.41) is 0. The zero-order valence-electron chi connectivity index (χ0n) is 18.3. The number of rotatable bonds is 8. The van der Waals surface area contributed by atoms with E-state index in [2.05, 4.69) is 49.4 Å². The molecule has 5 nitrogen and oxygen atoms in total. The molecule has 2 aromatic rings. The van der Waals surface area contributed by atoms with E-state index in [9.17, 15) is 13.2 Å². The van der Waals surface area contributed by atoms with E-state index in [0.29, 0.717) is 26.1 Å². The zero-order chi connectivity index (χ0) is 21.8. The Hall–Kier alpha value is -2.18. The highest BCUT2D eigenvalue weighted by atomic mass is 32.2. The molecule has 0 saturated carbocycles. The van der Waals surface area contributed by atoms with Crippen molar-refractivity contribution in [1.82, 2.24) is 9.21 Å². The van der Waals surface area contributed by atoms with Gasteiger partial charge in [0.25, 0.3) is 0 Å². The zero-order valence-corrected chi connectivity index (χ0v) is 19.1. The topological polar surface area (TPSA) is 57.7 Å². The number of carbonyl (C=O) groups excluding carboxylic acids is 1. The van der Waals surface area contributed by atoms with Crippen molar-refractivity contribution in [3.05, 3.63) is 70.8 Å². The van der Waals surface area contributed by atoms with Crippen molar-refractivity contribution in [2.75, 3.05) is 18.8 Å². The molecular weight excluding hydrogens is 408 g/mol. The lowest BCUT2D eigenvalue weighted by Gasteiger charge is -2.30. The third kappa shape index (κ3) is 5.18. The molecule has 1 unspecified atom stereocenters. The minimum atomic E-state index is -3.25. The highest BCUT2D eigenvalue weighted by Crippen LogP contribution is 2.37. The second-order valence-corrected chi connectivity index (χ2v) is 10.9. The standard InChI is InChI=1S/C25H32N2O3S/c1-20-10-12-21(13-11-20)19-27(24-15-14-22-7-2-3-8-23(22)24)25(28)9-6-18-31(29,30)26-16-4-5-17-26/h2-3,7-8,10-13,24H,4-6,9,14-19H2,1H3. The SMILES string of the molecule is Cc1ccc(CN(C(=O)CCCS(=O)(=O)N2CCCC2)C2CCc3ccccc32)cc1. The van der Waals surface area contributed by atoms with Gasteiger partial charge in [-0.05, 0) is 55.7 Å². The van der Waals surface area contributed by atoms with E-state index >= 15 is 0 Å². The van der Waals surface area contributed by atoms with Crippen molar-refractivity contribution in [2.24, 2.45) is 0 Å². The Morgan fingerprint density at radius 1 is 1.06 bits per heavy atom. The van der Waals surface area contributed by atoms with Crippen molar-refractivity contribution in [3.8, 4) is 0 Å². The van der Waals surface area contributed by atoms with Crippen LogP contribution in [0.15, 0.2) is 48.5 Å². The monoisotopic (exact) mass is 440 g/mol. The van der Waals surface area contributed by atoms with Crippen LogP contribution < -0.4 is 0 Å². The van der Waals surface area contributed by atoms with Gasteiger partial charge in [-0.1, -0.05) is 54.1 Å². The van der Waals surface area contributed by atoms with Gasteiger partial charge in [0.05, 0.1) is 11.8 Å². The molecule has 2 aromatic carbocycles. The number of carbonyl (C=O) groups is 1. The first-order chi connectivity index (χ1) is 14.9. The molecule has 2 aliphatic rings. The number of nitrogens with zero attached hydrogens (tertiary/aromatic N) is 2. The van der Waals surface area contributed by atoms with E-state index in [-0.39, 0.29) is 24.1 Å². The Morgan fingerprint density at radius 3 is 2.52 bits per heavy atom. The van der Waals surface area contributed by atoms with Gasteiger partial charge in [-0.3, -0.25) is 4.79 Å². The minimum absolute atomic E-state index is 0.0406. The van der Waals surface area contributed by atoms with E-state index in [4.69, 9.17) is 0 Å². The van der Waals surface area contributed by atoms with Crippen LogP contribution in [0, 0.1) is 6.92 Å². The molecule has 1 amide bonds. The Bertz CT molecular complexity index is 1010. The smallest absolute Gasteiger partial charge is 0.223 e. The van der Waals surface area contributed by atoms with Crippen LogP contribution in [0.5, 0.6) is 0 Å². The minimum Gasteiger partial charge on any atom is -0.331 e. The fourth-order valence-corrected chi connectivity index (χ4v) is 6.35. The molecule has 31 heavy (non-hydrogen) atoms. The molecule has 6 heteroatoms. The highest BCUT2D eigenvalue weighted by molar-refractivity contribution is 7.89. The predicted octanol–water partition coefficient (Wildman–Crippen LogP) is 4.22. The number of benzene rings is 2. The summed E-state index contributed by atoms with van der Waals surface area (Å²) in [5.41, 5.74) is 4.84. The summed E-state index contributed by atoms with van der Waals surface area (Å²) in [7, 11) is -3.25. The van der Waals surface area contributed by atoms with Crippen LogP contribution in [0.1, 0.15) is 60.4 Å². The molecule has 1 aliphatic carbocycles. The lowest BCUT2D eigenvalue weighted by atomic mass is 10.0. The van der Waals surface area contributed by atoms with E-state index in [0.717, 1.165) is 31.2 Å². The molecule has 0 radical (unpaired) electrons. The van der Waals surface area contributed by atoms with Gasteiger partial charge in [0, 0.05) is 26.1 Å². The maximum atomic E-state index is 13.3. The maximum absolute atomic E-state index is 13.3. The quantitative estimate of drug-likeness (QED) is 0.618. The summed E-state index contributed by atoms with van der Waals surface area (Å²) < 4.78 is 26.6.